The molecule has 4 amide bonds. The first kappa shape index (κ1) is 30.9. The summed E-state index contributed by atoms with van der Waals surface area (Å²) in [5, 5.41) is 5.32. The van der Waals surface area contributed by atoms with Crippen LogP contribution in [0.2, 0.25) is 0 Å². The first-order valence-electron chi connectivity index (χ1n) is 12.6. The van der Waals surface area contributed by atoms with Crippen LogP contribution in [0.5, 0.6) is 5.75 Å². The van der Waals surface area contributed by atoms with Crippen molar-refractivity contribution in [1.82, 2.24) is 10.2 Å². The van der Waals surface area contributed by atoms with Gasteiger partial charge in [0, 0.05) is 12.2 Å². The Hall–Kier alpha value is -4.34. The number of carbonyl (C=O) groups is 4. The van der Waals surface area contributed by atoms with Crippen LogP contribution in [-0.2, 0) is 19.1 Å². The van der Waals surface area contributed by atoms with Gasteiger partial charge in [0.25, 0.3) is 5.91 Å². The summed E-state index contributed by atoms with van der Waals surface area (Å²) in [7, 11) is 1.54. The standard InChI is InChI=1S/C29H38N4O6/c1-7-16-33(27(36)23(18-24(30)34)32-28(37)39-29(3,4)5)25(20-11-9-10-19(8-2)17-20)26(35)31-21-12-14-22(38-6)15-13-21/h8-15,17,23,25H,2,7,16,18H2,1,3-6H3,(H2,30,34)(H,31,35)(H,32,37). The number of benzene rings is 2. The molecule has 2 aromatic carbocycles. The molecule has 0 bridgehead atoms. The molecule has 10 heteroatoms. The normalized spacial score (nSPS) is 12.4. The molecular formula is C29H38N4O6. The minimum Gasteiger partial charge on any atom is -0.497 e. The maximum absolute atomic E-state index is 13.9. The van der Waals surface area contributed by atoms with Gasteiger partial charge in [0.05, 0.1) is 13.5 Å². The van der Waals surface area contributed by atoms with E-state index in [-0.39, 0.29) is 6.54 Å². The lowest BCUT2D eigenvalue weighted by Gasteiger charge is -2.34. The molecular weight excluding hydrogens is 500 g/mol. The van der Waals surface area contributed by atoms with Crippen LogP contribution in [0.4, 0.5) is 10.5 Å². The number of hydrogen-bond acceptors (Lipinski definition) is 6. The zero-order valence-electron chi connectivity index (χ0n) is 23.2. The first-order valence-corrected chi connectivity index (χ1v) is 12.6. The topological polar surface area (TPSA) is 140 Å². The Bertz CT molecular complexity index is 1170. The molecule has 0 radical (unpaired) electrons. The molecule has 0 saturated carbocycles. The van der Waals surface area contributed by atoms with Crippen LogP contribution in [0.25, 0.3) is 6.08 Å². The molecule has 0 spiro atoms. The van der Waals surface area contributed by atoms with Gasteiger partial charge in [-0.05, 0) is 68.7 Å². The van der Waals surface area contributed by atoms with Gasteiger partial charge in [0.1, 0.15) is 23.4 Å². The molecule has 2 rings (SSSR count). The Morgan fingerprint density at radius 3 is 2.31 bits per heavy atom. The Morgan fingerprint density at radius 2 is 1.77 bits per heavy atom. The predicted octanol–water partition coefficient (Wildman–Crippen LogP) is 4.03. The number of nitrogens with one attached hydrogen (secondary N) is 2. The minimum atomic E-state index is -1.34. The first-order chi connectivity index (χ1) is 18.4. The number of nitrogens with zero attached hydrogens (tertiary/aromatic N) is 1. The van der Waals surface area contributed by atoms with Crippen LogP contribution in [0.1, 0.15) is 57.7 Å². The summed E-state index contributed by atoms with van der Waals surface area (Å²) in [5.41, 5.74) is 6.35. The van der Waals surface area contributed by atoms with Crippen molar-refractivity contribution in [2.24, 2.45) is 5.73 Å². The van der Waals surface area contributed by atoms with Crippen LogP contribution in [0, 0.1) is 0 Å². The van der Waals surface area contributed by atoms with E-state index < -0.39 is 47.9 Å². The number of amides is 4. The Labute approximate surface area is 229 Å². The molecule has 39 heavy (non-hydrogen) atoms. The summed E-state index contributed by atoms with van der Waals surface area (Å²) in [4.78, 5) is 53.4. The van der Waals surface area contributed by atoms with Crippen molar-refractivity contribution in [2.75, 3.05) is 19.0 Å². The average molecular weight is 539 g/mol. The van der Waals surface area contributed by atoms with E-state index in [0.717, 1.165) is 5.56 Å². The molecule has 2 atom stereocenters. The van der Waals surface area contributed by atoms with Gasteiger partial charge in [0.15, 0.2) is 0 Å². The number of anilines is 1. The summed E-state index contributed by atoms with van der Waals surface area (Å²) in [5.74, 6) is -1.32. The van der Waals surface area contributed by atoms with Gasteiger partial charge in [-0.25, -0.2) is 4.79 Å². The maximum atomic E-state index is 13.9. The largest absolute Gasteiger partial charge is 0.497 e. The van der Waals surface area contributed by atoms with Gasteiger partial charge in [-0.15, -0.1) is 0 Å². The van der Waals surface area contributed by atoms with Crippen LogP contribution < -0.4 is 21.1 Å². The molecule has 0 aliphatic carbocycles. The summed E-state index contributed by atoms with van der Waals surface area (Å²) in [6, 6.07) is 11.4. The summed E-state index contributed by atoms with van der Waals surface area (Å²) in [6.45, 7) is 10.8. The van der Waals surface area contributed by atoms with Crippen molar-refractivity contribution in [3.8, 4) is 5.75 Å². The third-order valence-corrected chi connectivity index (χ3v) is 5.52. The van der Waals surface area contributed by atoms with E-state index in [4.69, 9.17) is 15.2 Å². The number of alkyl carbamates (subject to hydrolysis) is 1. The van der Waals surface area contributed by atoms with E-state index in [2.05, 4.69) is 17.2 Å². The van der Waals surface area contributed by atoms with Crippen molar-refractivity contribution >= 4 is 35.6 Å². The molecule has 0 saturated heterocycles. The van der Waals surface area contributed by atoms with Crippen LogP contribution in [0.15, 0.2) is 55.1 Å². The fourth-order valence-corrected chi connectivity index (χ4v) is 3.87. The molecule has 0 aromatic heterocycles. The van der Waals surface area contributed by atoms with Crippen LogP contribution in [0.3, 0.4) is 0 Å². The van der Waals surface area contributed by atoms with Gasteiger partial charge in [-0.1, -0.05) is 37.8 Å². The zero-order chi connectivity index (χ0) is 29.2. The molecule has 210 valence electrons. The van der Waals surface area contributed by atoms with Crippen LogP contribution in [-0.4, -0.2) is 54.0 Å². The van der Waals surface area contributed by atoms with E-state index in [1.165, 1.54) is 12.0 Å². The van der Waals surface area contributed by atoms with E-state index in [1.54, 1.807) is 69.3 Å². The SMILES string of the molecule is C=Cc1cccc(C(C(=O)Nc2ccc(OC)cc2)N(CCC)C(=O)C(CC(N)=O)NC(=O)OC(C)(C)C)c1. The van der Waals surface area contributed by atoms with Crippen molar-refractivity contribution in [3.63, 3.8) is 0 Å². The molecule has 0 aliphatic rings. The fourth-order valence-electron chi connectivity index (χ4n) is 3.87. The van der Waals surface area contributed by atoms with E-state index in [1.807, 2.05) is 13.0 Å². The predicted molar refractivity (Wildman–Crippen MR) is 150 cm³/mol. The number of nitrogens with two attached hydrogens (primary N) is 1. The summed E-state index contributed by atoms with van der Waals surface area (Å²) in [6.07, 6.45) is 0.770. The lowest BCUT2D eigenvalue weighted by atomic mass is 9.99. The third kappa shape index (κ3) is 9.48. The maximum Gasteiger partial charge on any atom is 0.408 e. The van der Waals surface area contributed by atoms with Gasteiger partial charge in [-0.2, -0.15) is 0 Å². The number of ether oxygens (including phenoxy) is 2. The molecule has 0 aliphatic heterocycles. The number of methoxy groups -OCH3 is 1. The van der Waals surface area contributed by atoms with Crippen molar-refractivity contribution in [3.05, 3.63) is 66.2 Å². The highest BCUT2D eigenvalue weighted by molar-refractivity contribution is 5.99. The minimum absolute atomic E-state index is 0.156. The molecule has 0 heterocycles. The van der Waals surface area contributed by atoms with Crippen molar-refractivity contribution < 1.29 is 28.7 Å². The number of hydrogen-bond donors (Lipinski definition) is 3. The number of rotatable bonds is 12. The zero-order valence-corrected chi connectivity index (χ0v) is 23.2. The summed E-state index contributed by atoms with van der Waals surface area (Å²) < 4.78 is 10.5. The van der Waals surface area contributed by atoms with Crippen molar-refractivity contribution in [2.45, 2.75) is 58.2 Å². The second kappa shape index (κ2) is 14.0. The number of carbonyl (C=O) groups excluding carboxylic acids is 4. The van der Waals surface area contributed by atoms with Gasteiger partial charge < -0.3 is 30.7 Å². The highest BCUT2D eigenvalue weighted by Crippen LogP contribution is 2.27. The second-order valence-corrected chi connectivity index (χ2v) is 9.90. The van der Waals surface area contributed by atoms with E-state index in [9.17, 15) is 19.2 Å². The average Bonchev–Trinajstić information content (AvgIpc) is 2.86. The highest BCUT2D eigenvalue weighted by Gasteiger charge is 2.36. The second-order valence-electron chi connectivity index (χ2n) is 9.90. The van der Waals surface area contributed by atoms with Gasteiger partial charge >= 0.3 is 6.09 Å². The Balaban J connectivity index is 2.52. The quantitative estimate of drug-likeness (QED) is 0.373. The van der Waals surface area contributed by atoms with Crippen molar-refractivity contribution in [1.29, 1.82) is 0 Å². The Morgan fingerprint density at radius 1 is 1.10 bits per heavy atom. The fraction of sp³-hybridized carbons (Fsp3) is 0.379. The molecule has 2 aromatic rings. The van der Waals surface area contributed by atoms with Gasteiger partial charge in [-0.3, -0.25) is 14.4 Å². The smallest absolute Gasteiger partial charge is 0.408 e. The van der Waals surface area contributed by atoms with Gasteiger partial charge in [0.2, 0.25) is 11.8 Å². The molecule has 10 nitrogen and oxygen atoms in total. The highest BCUT2D eigenvalue weighted by atomic mass is 16.6. The summed E-state index contributed by atoms with van der Waals surface area (Å²) >= 11 is 0. The molecule has 0 fully saturated rings. The Kier molecular flexibility index (Phi) is 11.1. The lowest BCUT2D eigenvalue weighted by molar-refractivity contribution is -0.141. The van der Waals surface area contributed by atoms with E-state index in [0.29, 0.717) is 23.4 Å². The number of primary amides is 1. The lowest BCUT2D eigenvalue weighted by Crippen LogP contribution is -2.53. The third-order valence-electron chi connectivity index (χ3n) is 5.52. The molecule has 4 N–H and O–H groups in total. The van der Waals surface area contributed by atoms with E-state index >= 15 is 0 Å². The molecule has 2 unspecified atom stereocenters. The van der Waals surface area contributed by atoms with Crippen LogP contribution >= 0.6 is 0 Å². The monoisotopic (exact) mass is 538 g/mol.